The van der Waals surface area contributed by atoms with Crippen molar-refractivity contribution >= 4 is 17.5 Å². The minimum atomic E-state index is -0.478. The van der Waals surface area contributed by atoms with Gasteiger partial charge in [0.05, 0.1) is 12.8 Å². The normalized spacial score (nSPS) is 10.8. The van der Waals surface area contributed by atoms with Crippen molar-refractivity contribution in [3.8, 4) is 11.5 Å². The Kier molecular flexibility index (Phi) is 7.54. The van der Waals surface area contributed by atoms with Gasteiger partial charge in [-0.05, 0) is 49.2 Å². The Labute approximate surface area is 186 Å². The van der Waals surface area contributed by atoms with E-state index in [0.717, 1.165) is 5.75 Å². The van der Waals surface area contributed by atoms with Gasteiger partial charge in [0, 0.05) is 19.3 Å². The third kappa shape index (κ3) is 5.90. The van der Waals surface area contributed by atoms with Gasteiger partial charge in [-0.15, -0.1) is 0 Å². The van der Waals surface area contributed by atoms with Crippen LogP contribution in [0.3, 0.4) is 0 Å². The van der Waals surface area contributed by atoms with Gasteiger partial charge in [0.2, 0.25) is 0 Å². The summed E-state index contributed by atoms with van der Waals surface area (Å²) in [7, 11) is 1.60. The summed E-state index contributed by atoms with van der Waals surface area (Å²) in [6, 6.07) is 10.4. The van der Waals surface area contributed by atoms with Crippen LogP contribution in [0.5, 0.6) is 11.5 Å². The maximum atomic E-state index is 12.7. The number of hydrogen-bond acceptors (Lipinski definition) is 6. The number of rotatable bonds is 10. The third-order valence-corrected chi connectivity index (χ3v) is 4.55. The van der Waals surface area contributed by atoms with Crippen LogP contribution in [0.4, 0.5) is 5.69 Å². The maximum Gasteiger partial charge on any atom is 0.291 e. The van der Waals surface area contributed by atoms with Crippen LogP contribution in [0.15, 0.2) is 47.0 Å². The number of hydrogen-bond donors (Lipinski definition) is 2. The van der Waals surface area contributed by atoms with Crippen molar-refractivity contribution in [1.29, 1.82) is 0 Å². The van der Waals surface area contributed by atoms with Crippen LogP contribution >= 0.6 is 0 Å². The Morgan fingerprint density at radius 1 is 1.09 bits per heavy atom. The molecular weight excluding hydrogens is 412 g/mol. The molecule has 9 nitrogen and oxygen atoms in total. The summed E-state index contributed by atoms with van der Waals surface area (Å²) in [5.74, 6) is 1.46. The molecule has 0 unspecified atom stereocenters. The lowest BCUT2D eigenvalue weighted by molar-refractivity contribution is 0.0944. The second kappa shape index (κ2) is 10.5. The highest BCUT2D eigenvalue weighted by Gasteiger charge is 2.20. The van der Waals surface area contributed by atoms with Crippen LogP contribution in [0.1, 0.15) is 47.6 Å². The largest absolute Gasteiger partial charge is 0.497 e. The summed E-state index contributed by atoms with van der Waals surface area (Å²) in [6.07, 6.45) is 1.62. The van der Waals surface area contributed by atoms with Crippen molar-refractivity contribution in [2.45, 2.75) is 33.9 Å². The molecule has 2 heterocycles. The van der Waals surface area contributed by atoms with Gasteiger partial charge in [-0.1, -0.05) is 13.8 Å². The van der Waals surface area contributed by atoms with Crippen LogP contribution in [-0.2, 0) is 13.2 Å². The first-order valence-corrected chi connectivity index (χ1v) is 10.4. The third-order valence-electron chi connectivity index (χ3n) is 4.55. The van der Waals surface area contributed by atoms with Crippen molar-refractivity contribution in [3.63, 3.8) is 0 Å². The maximum absolute atomic E-state index is 12.7. The van der Waals surface area contributed by atoms with E-state index >= 15 is 0 Å². The molecule has 3 rings (SSSR count). The number of anilines is 1. The first-order valence-electron chi connectivity index (χ1n) is 10.4. The molecule has 0 aliphatic heterocycles. The van der Waals surface area contributed by atoms with Gasteiger partial charge in [0.25, 0.3) is 11.8 Å². The zero-order chi connectivity index (χ0) is 23.1. The minimum absolute atomic E-state index is 0.108. The number of benzene rings is 1. The summed E-state index contributed by atoms with van der Waals surface area (Å²) in [5.41, 5.74) is 0.487. The van der Waals surface area contributed by atoms with Crippen molar-refractivity contribution in [1.82, 2.24) is 15.1 Å². The van der Waals surface area contributed by atoms with Gasteiger partial charge in [0.15, 0.2) is 11.5 Å². The lowest BCUT2D eigenvalue weighted by Gasteiger charge is -2.07. The fourth-order valence-electron chi connectivity index (χ4n) is 2.81. The van der Waals surface area contributed by atoms with Gasteiger partial charge in [0.1, 0.15) is 23.9 Å². The van der Waals surface area contributed by atoms with Crippen LogP contribution in [0.25, 0.3) is 0 Å². The number of aryl methyl sites for hydroxylation is 1. The zero-order valence-corrected chi connectivity index (χ0v) is 18.7. The summed E-state index contributed by atoms with van der Waals surface area (Å²) in [6.45, 7) is 7.14. The van der Waals surface area contributed by atoms with Gasteiger partial charge < -0.3 is 24.5 Å². The van der Waals surface area contributed by atoms with Crippen LogP contribution in [0, 0.1) is 5.92 Å². The number of methoxy groups -OCH3 is 1. The van der Waals surface area contributed by atoms with Crippen molar-refractivity contribution in [2.75, 3.05) is 19.0 Å². The average Bonchev–Trinajstić information content (AvgIpc) is 3.43. The van der Waals surface area contributed by atoms with Gasteiger partial charge in [-0.3, -0.25) is 14.3 Å². The van der Waals surface area contributed by atoms with Crippen LogP contribution in [0.2, 0.25) is 0 Å². The number of amides is 2. The second-order valence-corrected chi connectivity index (χ2v) is 7.54. The van der Waals surface area contributed by atoms with E-state index < -0.39 is 5.91 Å². The molecule has 9 heteroatoms. The Bertz CT molecular complexity index is 1050. The van der Waals surface area contributed by atoms with Crippen molar-refractivity contribution in [2.24, 2.45) is 5.92 Å². The molecule has 0 fully saturated rings. The smallest absolute Gasteiger partial charge is 0.291 e. The fourth-order valence-corrected chi connectivity index (χ4v) is 2.81. The molecule has 2 aromatic heterocycles. The second-order valence-electron chi connectivity index (χ2n) is 7.54. The first kappa shape index (κ1) is 22.9. The molecule has 2 N–H and O–H groups in total. The number of nitrogens with zero attached hydrogens (tertiary/aromatic N) is 2. The highest BCUT2D eigenvalue weighted by atomic mass is 16.5. The Balaban J connectivity index is 1.64. The fraction of sp³-hybridized carbons (Fsp3) is 0.348. The monoisotopic (exact) mass is 440 g/mol. The van der Waals surface area contributed by atoms with Crippen LogP contribution < -0.4 is 20.1 Å². The van der Waals surface area contributed by atoms with E-state index in [4.69, 9.17) is 13.9 Å². The quantitative estimate of drug-likeness (QED) is 0.498. The molecule has 0 bridgehead atoms. The van der Waals surface area contributed by atoms with E-state index in [1.807, 2.05) is 20.8 Å². The van der Waals surface area contributed by atoms with E-state index in [-0.39, 0.29) is 24.0 Å². The van der Waals surface area contributed by atoms with Gasteiger partial charge in [-0.25, -0.2) is 0 Å². The Hall–Kier alpha value is -3.75. The molecule has 170 valence electrons. The van der Waals surface area contributed by atoms with E-state index in [1.54, 1.807) is 54.4 Å². The first-order chi connectivity index (χ1) is 15.4. The number of carbonyl (C=O) groups is 2. The van der Waals surface area contributed by atoms with Crippen molar-refractivity contribution in [3.05, 3.63) is 59.8 Å². The molecule has 0 spiro atoms. The summed E-state index contributed by atoms with van der Waals surface area (Å²) < 4.78 is 18.0. The lowest BCUT2D eigenvalue weighted by Crippen LogP contribution is -2.28. The molecular formula is C23H28N4O5. The molecule has 0 saturated carbocycles. The summed E-state index contributed by atoms with van der Waals surface area (Å²) in [4.78, 5) is 25.2. The van der Waals surface area contributed by atoms with E-state index in [1.165, 1.54) is 0 Å². The number of nitrogens with one attached hydrogen (secondary N) is 2. The predicted octanol–water partition coefficient (Wildman–Crippen LogP) is 3.72. The molecule has 1 aromatic carbocycles. The topological polar surface area (TPSA) is 108 Å². The SMILES string of the molecule is CCn1cc(NC(=O)c2ccc(COc3ccc(OC)cc3)o2)c(C(=O)NCC(C)C)n1. The molecule has 0 saturated heterocycles. The molecule has 32 heavy (non-hydrogen) atoms. The zero-order valence-electron chi connectivity index (χ0n) is 18.7. The summed E-state index contributed by atoms with van der Waals surface area (Å²) in [5, 5.41) is 9.80. The highest BCUT2D eigenvalue weighted by molar-refractivity contribution is 6.07. The van der Waals surface area contributed by atoms with E-state index in [9.17, 15) is 9.59 Å². The molecule has 0 atom stereocenters. The van der Waals surface area contributed by atoms with E-state index in [2.05, 4.69) is 15.7 Å². The van der Waals surface area contributed by atoms with E-state index in [0.29, 0.717) is 36.2 Å². The average molecular weight is 441 g/mol. The highest BCUT2D eigenvalue weighted by Crippen LogP contribution is 2.20. The van der Waals surface area contributed by atoms with Crippen LogP contribution in [-0.4, -0.2) is 35.2 Å². The van der Waals surface area contributed by atoms with Gasteiger partial charge in [-0.2, -0.15) is 5.10 Å². The Morgan fingerprint density at radius 2 is 1.81 bits per heavy atom. The lowest BCUT2D eigenvalue weighted by atomic mass is 10.2. The minimum Gasteiger partial charge on any atom is -0.497 e. The number of ether oxygens (including phenoxy) is 2. The molecule has 0 radical (unpaired) electrons. The number of carbonyl (C=O) groups excluding carboxylic acids is 2. The van der Waals surface area contributed by atoms with Gasteiger partial charge >= 0.3 is 0 Å². The Morgan fingerprint density at radius 3 is 2.47 bits per heavy atom. The molecule has 0 aliphatic rings. The number of aromatic nitrogens is 2. The summed E-state index contributed by atoms with van der Waals surface area (Å²) >= 11 is 0. The predicted molar refractivity (Wildman–Crippen MR) is 119 cm³/mol. The molecule has 3 aromatic rings. The molecule has 0 aliphatic carbocycles. The molecule has 2 amide bonds. The number of furan rings is 1. The standard InChI is InChI=1S/C23H28N4O5/c1-5-27-13-19(21(26-27)23(29)24-12-15(2)3)25-22(28)20-11-10-18(32-20)14-31-17-8-6-16(30-4)7-9-17/h6-11,13,15H,5,12,14H2,1-4H3,(H,24,29)(H,25,28). The van der Waals surface area contributed by atoms with Crippen molar-refractivity contribution < 1.29 is 23.5 Å².